The molecule has 26 heavy (non-hydrogen) atoms. The van der Waals surface area contributed by atoms with Gasteiger partial charge in [-0.15, -0.1) is 0 Å². The van der Waals surface area contributed by atoms with E-state index in [9.17, 15) is 9.18 Å². The molecule has 0 bridgehead atoms. The summed E-state index contributed by atoms with van der Waals surface area (Å²) in [4.78, 5) is 12.8. The first-order valence-corrected chi connectivity index (χ1v) is 9.33. The van der Waals surface area contributed by atoms with E-state index in [0.29, 0.717) is 22.4 Å². The van der Waals surface area contributed by atoms with Crippen LogP contribution in [0.3, 0.4) is 0 Å². The van der Waals surface area contributed by atoms with Gasteiger partial charge >= 0.3 is 0 Å². The van der Waals surface area contributed by atoms with E-state index < -0.39 is 0 Å². The van der Waals surface area contributed by atoms with Gasteiger partial charge in [-0.05, 0) is 58.1 Å². The minimum atomic E-state index is -0.322. The number of halogens is 2. The van der Waals surface area contributed by atoms with Crippen molar-refractivity contribution < 1.29 is 18.7 Å². The van der Waals surface area contributed by atoms with Crippen LogP contribution in [0.15, 0.2) is 46.1 Å². The molecule has 132 valence electrons. The molecule has 2 aromatic rings. The van der Waals surface area contributed by atoms with Crippen molar-refractivity contribution in [1.29, 1.82) is 0 Å². The van der Waals surface area contributed by atoms with Gasteiger partial charge in [0.15, 0.2) is 17.3 Å². The molecular formula is C20H15BrFNO3. The number of hydrogen-bond donors (Lipinski definition) is 1. The molecule has 0 saturated heterocycles. The smallest absolute Gasteiger partial charge is 0.231 e. The zero-order valence-corrected chi connectivity index (χ0v) is 15.4. The van der Waals surface area contributed by atoms with Gasteiger partial charge in [-0.1, -0.05) is 6.07 Å². The number of ether oxygens (including phenoxy) is 2. The summed E-state index contributed by atoms with van der Waals surface area (Å²) in [6, 6.07) is 8.79. The number of rotatable bonds is 1. The maximum absolute atomic E-state index is 13.8. The normalized spacial score (nSPS) is 20.5. The summed E-state index contributed by atoms with van der Waals surface area (Å²) >= 11 is 3.27. The Balaban J connectivity index is 1.74. The van der Waals surface area contributed by atoms with E-state index in [1.54, 1.807) is 12.1 Å². The Labute approximate surface area is 158 Å². The van der Waals surface area contributed by atoms with Crippen LogP contribution in [0.1, 0.15) is 36.3 Å². The monoisotopic (exact) mass is 415 g/mol. The molecule has 0 fully saturated rings. The van der Waals surface area contributed by atoms with Crippen LogP contribution in [0.5, 0.6) is 11.5 Å². The first kappa shape index (κ1) is 15.9. The topological polar surface area (TPSA) is 47.6 Å². The second-order valence-electron chi connectivity index (χ2n) is 6.69. The number of fused-ring (bicyclic) bond motifs is 2. The highest BCUT2D eigenvalue weighted by molar-refractivity contribution is 9.10. The van der Waals surface area contributed by atoms with Gasteiger partial charge in [0.25, 0.3) is 0 Å². The highest BCUT2D eigenvalue weighted by Crippen LogP contribution is 2.49. The lowest BCUT2D eigenvalue weighted by atomic mass is 9.75. The van der Waals surface area contributed by atoms with E-state index in [2.05, 4.69) is 21.2 Å². The van der Waals surface area contributed by atoms with Gasteiger partial charge in [-0.3, -0.25) is 4.79 Å². The minimum Gasteiger partial charge on any atom is -0.454 e. The molecule has 5 rings (SSSR count). The van der Waals surface area contributed by atoms with Crippen LogP contribution >= 0.6 is 15.9 Å². The molecule has 1 aliphatic carbocycles. The van der Waals surface area contributed by atoms with Crippen molar-refractivity contribution in [2.45, 2.75) is 25.2 Å². The van der Waals surface area contributed by atoms with Gasteiger partial charge in [0, 0.05) is 35.4 Å². The quantitative estimate of drug-likeness (QED) is 0.720. The highest BCUT2D eigenvalue weighted by Gasteiger charge is 2.36. The van der Waals surface area contributed by atoms with Crippen molar-refractivity contribution in [3.05, 3.63) is 63.0 Å². The molecule has 0 saturated carbocycles. The molecule has 0 unspecified atom stereocenters. The van der Waals surface area contributed by atoms with Crippen molar-refractivity contribution in [1.82, 2.24) is 0 Å². The van der Waals surface area contributed by atoms with Crippen LogP contribution in [0.25, 0.3) is 0 Å². The zero-order valence-electron chi connectivity index (χ0n) is 13.8. The summed E-state index contributed by atoms with van der Waals surface area (Å²) in [7, 11) is 0. The number of Topliss-reactive ketones (excluding diaryl/α,β-unsaturated/α-hetero) is 1. The molecule has 6 heteroatoms. The molecule has 1 atom stereocenters. The Morgan fingerprint density at radius 1 is 1.12 bits per heavy atom. The number of allylic oxidation sites excluding steroid dienone is 2. The molecule has 2 heterocycles. The van der Waals surface area contributed by atoms with Crippen LogP contribution < -0.4 is 14.8 Å². The van der Waals surface area contributed by atoms with Crippen LogP contribution in [0.2, 0.25) is 0 Å². The number of carbonyl (C=O) groups excluding carboxylic acids is 1. The fourth-order valence-electron chi connectivity index (χ4n) is 3.99. The van der Waals surface area contributed by atoms with Gasteiger partial charge in [-0.2, -0.15) is 0 Å². The van der Waals surface area contributed by atoms with E-state index >= 15 is 0 Å². The molecular weight excluding hydrogens is 401 g/mol. The van der Waals surface area contributed by atoms with Gasteiger partial charge in [0.1, 0.15) is 5.82 Å². The standard InChI is InChI=1S/C20H15BrFNO3/c21-12-6-10(4-5-13(12)22)19-11-7-17-18(26-9-25-17)8-15(11)23-14-2-1-3-16(24)20(14)19/h4-8,19,23H,1-3,9H2/t19-/m0/s1. The highest BCUT2D eigenvalue weighted by atomic mass is 79.9. The Hall–Kier alpha value is -2.34. The number of ketones is 1. The average Bonchev–Trinajstić information content (AvgIpc) is 3.08. The second-order valence-corrected chi connectivity index (χ2v) is 7.55. The Bertz CT molecular complexity index is 985. The number of hydrogen-bond acceptors (Lipinski definition) is 4. The first-order valence-electron chi connectivity index (χ1n) is 8.53. The van der Waals surface area contributed by atoms with Crippen molar-refractivity contribution in [3.63, 3.8) is 0 Å². The molecule has 3 aliphatic rings. The first-order chi connectivity index (χ1) is 12.6. The van der Waals surface area contributed by atoms with Crippen molar-refractivity contribution in [2.24, 2.45) is 0 Å². The van der Waals surface area contributed by atoms with Gasteiger partial charge in [0.2, 0.25) is 6.79 Å². The van der Waals surface area contributed by atoms with Gasteiger partial charge < -0.3 is 14.8 Å². The van der Waals surface area contributed by atoms with E-state index in [0.717, 1.165) is 40.9 Å². The molecule has 2 aromatic carbocycles. The fraction of sp³-hybridized carbons (Fsp3) is 0.250. The maximum Gasteiger partial charge on any atom is 0.231 e. The average molecular weight is 416 g/mol. The number of nitrogens with one attached hydrogen (secondary N) is 1. The van der Waals surface area contributed by atoms with Crippen LogP contribution in [-0.4, -0.2) is 12.6 Å². The summed E-state index contributed by atoms with van der Waals surface area (Å²) in [5.74, 6) is 0.941. The molecule has 0 spiro atoms. The summed E-state index contributed by atoms with van der Waals surface area (Å²) in [6.45, 7) is 0.192. The zero-order chi connectivity index (χ0) is 17.8. The molecule has 0 aromatic heterocycles. The van der Waals surface area contributed by atoms with Gasteiger partial charge in [0.05, 0.1) is 4.47 Å². The lowest BCUT2D eigenvalue weighted by Gasteiger charge is -2.34. The van der Waals surface area contributed by atoms with Crippen LogP contribution in [0.4, 0.5) is 10.1 Å². The van der Waals surface area contributed by atoms with E-state index in [1.807, 2.05) is 12.1 Å². The lowest BCUT2D eigenvalue weighted by molar-refractivity contribution is -0.116. The summed E-state index contributed by atoms with van der Waals surface area (Å²) < 4.78 is 25.2. The summed E-state index contributed by atoms with van der Waals surface area (Å²) in [6.07, 6.45) is 2.21. The molecule has 0 radical (unpaired) electrons. The van der Waals surface area contributed by atoms with Crippen LogP contribution in [0, 0.1) is 5.82 Å². The van der Waals surface area contributed by atoms with Crippen molar-refractivity contribution in [2.75, 3.05) is 12.1 Å². The largest absolute Gasteiger partial charge is 0.454 e. The number of carbonyl (C=O) groups is 1. The van der Waals surface area contributed by atoms with Crippen LogP contribution in [-0.2, 0) is 4.79 Å². The molecule has 1 N–H and O–H groups in total. The Morgan fingerprint density at radius 3 is 2.73 bits per heavy atom. The summed E-state index contributed by atoms with van der Waals surface area (Å²) in [5.41, 5.74) is 4.47. The predicted octanol–water partition coefficient (Wildman–Crippen LogP) is 4.88. The van der Waals surface area contributed by atoms with E-state index in [4.69, 9.17) is 9.47 Å². The van der Waals surface area contributed by atoms with Crippen molar-refractivity contribution in [3.8, 4) is 11.5 Å². The molecule has 0 amide bonds. The van der Waals surface area contributed by atoms with Gasteiger partial charge in [-0.25, -0.2) is 4.39 Å². The maximum atomic E-state index is 13.8. The fourth-order valence-corrected chi connectivity index (χ4v) is 4.39. The second kappa shape index (κ2) is 5.84. The number of benzene rings is 2. The lowest BCUT2D eigenvalue weighted by Crippen LogP contribution is -2.26. The SMILES string of the molecule is O=C1CCCC2=C1[C@@H](c1ccc(F)c(Br)c1)c1cc3c(cc1N2)OCO3. The molecule has 2 aliphatic heterocycles. The molecule has 4 nitrogen and oxygen atoms in total. The third-order valence-electron chi connectivity index (χ3n) is 5.16. The predicted molar refractivity (Wildman–Crippen MR) is 98.0 cm³/mol. The van der Waals surface area contributed by atoms with E-state index in [-0.39, 0.29) is 24.3 Å². The van der Waals surface area contributed by atoms with E-state index in [1.165, 1.54) is 6.07 Å². The third-order valence-corrected chi connectivity index (χ3v) is 5.77. The Morgan fingerprint density at radius 2 is 1.92 bits per heavy atom. The Kier molecular flexibility index (Phi) is 3.57. The minimum absolute atomic E-state index is 0.146. The van der Waals surface area contributed by atoms with Crippen molar-refractivity contribution >= 4 is 27.4 Å². The summed E-state index contributed by atoms with van der Waals surface area (Å²) in [5, 5.41) is 3.42. The third kappa shape index (κ3) is 2.35. The number of anilines is 1.